The predicted octanol–water partition coefficient (Wildman–Crippen LogP) is 21.3. The van der Waals surface area contributed by atoms with Crippen LogP contribution in [0, 0.1) is 76.4 Å². The largest absolute Gasteiger partial charge is 0.508 e. The van der Waals surface area contributed by atoms with Crippen LogP contribution in [0.4, 0.5) is 4.79 Å². The SMILES string of the molecule is COC1CCC(C(=CC2CCC(N(C3CCC(C)CC3)C3CCC(C)CC3)CC2)C2CCC(C(=CC3CCC(N(C4CCC(C)CC4)C4CCC(C)CC4)CC3)C3CCC(OC(=O)OC4CCC(C(C)(C)C5CCC(OC(C)=O)CC5)CC4)CC3)CC2)CC1. The number of methoxy groups -OCH3 is 1. The zero-order chi connectivity index (χ0) is 62.0. The second-order valence-corrected chi connectivity index (χ2v) is 34.6. The van der Waals surface area contributed by atoms with E-state index < -0.39 is 6.16 Å². The number of hydrogen-bond acceptors (Lipinski definition) is 8. The summed E-state index contributed by atoms with van der Waals surface area (Å²) >= 11 is 0. The number of hydrogen-bond donors (Lipinski definition) is 0. The molecule has 0 bridgehead atoms. The average Bonchev–Trinajstić information content (AvgIpc) is 1.37. The Labute approximate surface area is 546 Å². The van der Waals surface area contributed by atoms with Gasteiger partial charge in [0.25, 0.3) is 0 Å². The van der Waals surface area contributed by atoms with Gasteiger partial charge in [0, 0.05) is 50.3 Å². The second-order valence-electron chi connectivity index (χ2n) is 34.6. The molecule has 8 heteroatoms. The van der Waals surface area contributed by atoms with Gasteiger partial charge in [-0.1, -0.05) is 64.8 Å². The van der Waals surface area contributed by atoms with Gasteiger partial charge in [0.05, 0.1) is 6.10 Å². The van der Waals surface area contributed by atoms with Crippen LogP contribution in [-0.4, -0.2) is 89.7 Å². The molecule has 0 saturated heterocycles. The fourth-order valence-corrected chi connectivity index (χ4v) is 22.5. The molecule has 506 valence electrons. The summed E-state index contributed by atoms with van der Waals surface area (Å²) in [5, 5.41) is 0. The smallest absolute Gasteiger partial charge is 0.463 e. The molecule has 11 saturated carbocycles. The lowest BCUT2D eigenvalue weighted by Gasteiger charge is -2.49. The summed E-state index contributed by atoms with van der Waals surface area (Å²) in [6, 6.07) is 4.87. The Kier molecular flexibility index (Phi) is 25.2. The lowest BCUT2D eigenvalue weighted by atomic mass is 9.60. The van der Waals surface area contributed by atoms with Gasteiger partial charge in [0.1, 0.15) is 18.3 Å². The maximum Gasteiger partial charge on any atom is 0.508 e. The number of allylic oxidation sites excluding steroid dienone is 4. The summed E-state index contributed by atoms with van der Waals surface area (Å²) in [7, 11) is 1.96. The highest BCUT2D eigenvalue weighted by Crippen LogP contribution is 2.52. The van der Waals surface area contributed by atoms with E-state index >= 15 is 0 Å². The molecule has 0 aliphatic heterocycles. The van der Waals surface area contributed by atoms with E-state index in [1.54, 1.807) is 0 Å². The predicted molar refractivity (Wildman–Crippen MR) is 366 cm³/mol. The van der Waals surface area contributed by atoms with Crippen LogP contribution in [0.1, 0.15) is 331 Å². The monoisotopic (exact) mass is 1230 g/mol. The lowest BCUT2D eigenvalue weighted by molar-refractivity contribution is -0.148. The standard InChI is InChI=1S/C81H136N2O6/c1-55-9-33-68(34-10-55)82(69-35-11-56(2)12-36-69)72-41-17-60(18-42-72)53-78(64-25-45-74(86-8)46-26-64)62-21-23-63(24-22-62)79(54-61-19-43-73(44-20-61)83(70-37-13-57(3)14-38-70)71-39-15-58(4)16-40-71)65-27-47-76(48-28-65)88-80(85)89-77-51-31-67(32-52-77)81(6,7)66-29-49-75(50-30-66)87-59(5)84/h53-58,60-77H,9-52H2,1-8H3. The van der Waals surface area contributed by atoms with E-state index in [9.17, 15) is 9.59 Å². The van der Waals surface area contributed by atoms with Crippen molar-refractivity contribution >= 4 is 12.1 Å². The minimum Gasteiger partial charge on any atom is -0.463 e. The third-order valence-electron chi connectivity index (χ3n) is 28.4. The van der Waals surface area contributed by atoms with Gasteiger partial charge in [0.2, 0.25) is 0 Å². The number of rotatable bonds is 18. The molecule has 0 atom stereocenters. The van der Waals surface area contributed by atoms with E-state index in [2.05, 4.69) is 63.5 Å². The lowest BCUT2D eigenvalue weighted by Crippen LogP contribution is -2.52. The van der Waals surface area contributed by atoms with Crippen molar-refractivity contribution in [3.8, 4) is 0 Å². The van der Waals surface area contributed by atoms with Crippen LogP contribution in [0.5, 0.6) is 0 Å². The molecule has 0 unspecified atom stereocenters. The molecule has 11 rings (SSSR count). The molecule has 0 heterocycles. The van der Waals surface area contributed by atoms with Crippen molar-refractivity contribution in [3.63, 3.8) is 0 Å². The molecule has 0 radical (unpaired) electrons. The van der Waals surface area contributed by atoms with E-state index in [0.717, 1.165) is 155 Å². The molecule has 11 fully saturated rings. The van der Waals surface area contributed by atoms with Gasteiger partial charge >= 0.3 is 12.1 Å². The van der Waals surface area contributed by atoms with E-state index in [1.165, 1.54) is 212 Å². The van der Waals surface area contributed by atoms with Crippen molar-refractivity contribution in [3.05, 3.63) is 23.3 Å². The first-order valence-electron chi connectivity index (χ1n) is 39.7. The maximum absolute atomic E-state index is 13.7. The molecule has 0 N–H and O–H groups in total. The Hall–Kier alpha value is -1.90. The highest BCUT2D eigenvalue weighted by atomic mass is 16.7. The first-order chi connectivity index (χ1) is 43.1. The average molecular weight is 1230 g/mol. The first kappa shape index (κ1) is 68.5. The molecule has 11 aliphatic carbocycles. The summed E-state index contributed by atoms with van der Waals surface area (Å²) in [4.78, 5) is 31.7. The molecule has 0 amide bonds. The van der Waals surface area contributed by atoms with Gasteiger partial charge in [0.15, 0.2) is 0 Å². The highest BCUT2D eigenvalue weighted by Gasteiger charge is 2.44. The Morgan fingerprint density at radius 1 is 0.326 bits per heavy atom. The zero-order valence-electron chi connectivity index (χ0n) is 58.8. The van der Waals surface area contributed by atoms with Gasteiger partial charge < -0.3 is 18.9 Å². The molecular weight excluding hydrogens is 1100 g/mol. The highest BCUT2D eigenvalue weighted by molar-refractivity contribution is 5.66. The van der Waals surface area contributed by atoms with Crippen LogP contribution >= 0.6 is 0 Å². The minimum absolute atomic E-state index is 0.0359. The topological polar surface area (TPSA) is 77.5 Å². The van der Waals surface area contributed by atoms with Crippen LogP contribution in [0.25, 0.3) is 0 Å². The van der Waals surface area contributed by atoms with Crippen molar-refractivity contribution < 1.29 is 28.5 Å². The van der Waals surface area contributed by atoms with Crippen LogP contribution in [0.2, 0.25) is 0 Å². The first-order valence-corrected chi connectivity index (χ1v) is 39.7. The molecule has 0 aromatic carbocycles. The quantitative estimate of drug-likeness (QED) is 0.0992. The normalized spacial score (nSPS) is 42.0. The minimum atomic E-state index is -0.414. The van der Waals surface area contributed by atoms with Crippen LogP contribution < -0.4 is 0 Å². The van der Waals surface area contributed by atoms with Gasteiger partial charge in [-0.3, -0.25) is 14.6 Å². The summed E-state index contributed by atoms with van der Waals surface area (Å²) < 4.78 is 24.1. The molecule has 0 aromatic rings. The van der Waals surface area contributed by atoms with Crippen molar-refractivity contribution in [2.45, 2.75) is 392 Å². The van der Waals surface area contributed by atoms with Crippen molar-refractivity contribution in [1.82, 2.24) is 9.80 Å². The molecular formula is C81H136N2O6. The van der Waals surface area contributed by atoms with Gasteiger partial charge in [-0.25, -0.2) is 4.79 Å². The fourth-order valence-electron chi connectivity index (χ4n) is 22.5. The van der Waals surface area contributed by atoms with E-state index in [-0.39, 0.29) is 29.7 Å². The maximum atomic E-state index is 13.7. The van der Waals surface area contributed by atoms with Gasteiger partial charge in [-0.05, 0) is 359 Å². The van der Waals surface area contributed by atoms with Crippen LogP contribution in [0.3, 0.4) is 0 Å². The summed E-state index contributed by atoms with van der Waals surface area (Å²) in [5.41, 5.74) is 3.98. The zero-order valence-corrected chi connectivity index (χ0v) is 58.8. The Morgan fingerprint density at radius 3 is 0.854 bits per heavy atom. The third kappa shape index (κ3) is 18.4. The van der Waals surface area contributed by atoms with E-state index in [0.29, 0.717) is 35.7 Å². The van der Waals surface area contributed by atoms with Crippen LogP contribution in [0.15, 0.2) is 23.3 Å². The van der Waals surface area contributed by atoms with Gasteiger partial charge in [-0.15, -0.1) is 0 Å². The summed E-state index contributed by atoms with van der Waals surface area (Å²) in [6.07, 6.45) is 63.1. The number of esters is 1. The third-order valence-corrected chi connectivity index (χ3v) is 28.4. The molecule has 11 aliphatic rings. The van der Waals surface area contributed by atoms with Crippen molar-refractivity contribution in [2.75, 3.05) is 7.11 Å². The molecule has 89 heavy (non-hydrogen) atoms. The molecule has 0 spiro atoms. The molecule has 0 aromatic heterocycles. The second kappa shape index (κ2) is 32.7. The summed E-state index contributed by atoms with van der Waals surface area (Å²) in [6.45, 7) is 16.5. The molecule has 8 nitrogen and oxygen atoms in total. The Morgan fingerprint density at radius 2 is 0.573 bits per heavy atom. The summed E-state index contributed by atoms with van der Waals surface area (Å²) in [5.74, 6) is 8.99. The Bertz CT molecular complexity index is 2130. The van der Waals surface area contributed by atoms with E-state index in [1.807, 2.05) is 18.3 Å². The number of carbonyl (C=O) groups excluding carboxylic acids is 2. The number of carbonyl (C=O) groups is 2. The number of nitrogens with zero attached hydrogens (tertiary/aromatic N) is 2. The van der Waals surface area contributed by atoms with Gasteiger partial charge in [-0.2, -0.15) is 0 Å². The van der Waals surface area contributed by atoms with Crippen molar-refractivity contribution in [2.24, 2.45) is 76.4 Å². The Balaban J connectivity index is 0.735. The number of ether oxygens (including phenoxy) is 4. The fraction of sp³-hybridized carbons (Fsp3) is 0.926. The van der Waals surface area contributed by atoms with Crippen LogP contribution in [-0.2, 0) is 23.7 Å². The van der Waals surface area contributed by atoms with E-state index in [4.69, 9.17) is 18.9 Å². The van der Waals surface area contributed by atoms with Crippen molar-refractivity contribution in [1.29, 1.82) is 0 Å².